The molecule has 164 valence electrons. The molecule has 31 heavy (non-hydrogen) atoms. The lowest BCUT2D eigenvalue weighted by Crippen LogP contribution is -2.40. The fourth-order valence-corrected chi connectivity index (χ4v) is 4.38. The van der Waals surface area contributed by atoms with Crippen molar-refractivity contribution in [2.75, 3.05) is 32.8 Å². The van der Waals surface area contributed by atoms with Crippen LogP contribution in [-0.4, -0.2) is 59.4 Å². The molecule has 2 aliphatic heterocycles. The number of Topliss-reactive ketones (excluding diaryl/α,β-unsaturated/α-hetero) is 1. The molecule has 2 aliphatic rings. The van der Waals surface area contributed by atoms with Gasteiger partial charge < -0.3 is 24.1 Å². The standard InChI is InChI=1S/C24H28N2O5/c1-2-30-18-9-6-8-17(16-18)21-20(22(27)19-10-7-15-31-19)23(28)24(29)26(21)14-13-25-11-4-3-5-12-25/h6-10,15-16,21,28H,2-5,11-14H2,1H3. The summed E-state index contributed by atoms with van der Waals surface area (Å²) in [5.74, 6) is -0.772. The first-order valence-corrected chi connectivity index (χ1v) is 10.9. The van der Waals surface area contributed by atoms with Gasteiger partial charge in [0.1, 0.15) is 5.75 Å². The minimum atomic E-state index is -0.699. The molecule has 0 radical (unpaired) electrons. The molecular formula is C24H28N2O5. The van der Waals surface area contributed by atoms with Gasteiger partial charge in [-0.05, 0) is 62.7 Å². The number of nitrogens with zero attached hydrogens (tertiary/aromatic N) is 2. The molecule has 7 heteroatoms. The van der Waals surface area contributed by atoms with Crippen LogP contribution in [0, 0.1) is 0 Å². The molecule has 1 N–H and O–H groups in total. The number of aliphatic hydroxyl groups excluding tert-OH is 1. The molecule has 1 amide bonds. The summed E-state index contributed by atoms with van der Waals surface area (Å²) in [5.41, 5.74) is 0.768. The molecular weight excluding hydrogens is 396 g/mol. The zero-order chi connectivity index (χ0) is 21.8. The maximum atomic E-state index is 13.2. The van der Waals surface area contributed by atoms with Crippen molar-refractivity contribution in [2.24, 2.45) is 0 Å². The van der Waals surface area contributed by atoms with Crippen molar-refractivity contribution in [2.45, 2.75) is 32.2 Å². The number of benzene rings is 1. The highest BCUT2D eigenvalue weighted by Crippen LogP contribution is 2.39. The Morgan fingerprint density at radius 1 is 1.16 bits per heavy atom. The number of hydrogen-bond donors (Lipinski definition) is 1. The minimum absolute atomic E-state index is 0.0484. The summed E-state index contributed by atoms with van der Waals surface area (Å²) in [6.45, 7) is 5.53. The minimum Gasteiger partial charge on any atom is -0.503 e. The van der Waals surface area contributed by atoms with Crippen LogP contribution in [0.2, 0.25) is 0 Å². The van der Waals surface area contributed by atoms with Crippen molar-refractivity contribution in [1.82, 2.24) is 9.80 Å². The number of ether oxygens (including phenoxy) is 1. The highest BCUT2D eigenvalue weighted by molar-refractivity contribution is 6.15. The van der Waals surface area contributed by atoms with E-state index in [4.69, 9.17) is 9.15 Å². The quantitative estimate of drug-likeness (QED) is 0.650. The van der Waals surface area contributed by atoms with E-state index in [1.165, 1.54) is 18.8 Å². The van der Waals surface area contributed by atoms with Gasteiger partial charge in [-0.2, -0.15) is 0 Å². The van der Waals surface area contributed by atoms with Crippen LogP contribution in [0.1, 0.15) is 48.3 Å². The van der Waals surface area contributed by atoms with Crippen molar-refractivity contribution in [3.63, 3.8) is 0 Å². The molecule has 0 bridgehead atoms. The van der Waals surface area contributed by atoms with E-state index in [0.29, 0.717) is 25.4 Å². The predicted molar refractivity (Wildman–Crippen MR) is 115 cm³/mol. The Morgan fingerprint density at radius 2 is 1.97 bits per heavy atom. The molecule has 0 aliphatic carbocycles. The summed E-state index contributed by atoms with van der Waals surface area (Å²) in [6, 6.07) is 9.79. The first-order valence-electron chi connectivity index (χ1n) is 10.9. The van der Waals surface area contributed by atoms with Crippen LogP contribution in [-0.2, 0) is 4.79 Å². The number of likely N-dealkylation sites (tertiary alicyclic amines) is 1. The highest BCUT2D eigenvalue weighted by Gasteiger charge is 2.44. The van der Waals surface area contributed by atoms with Crippen molar-refractivity contribution in [3.8, 4) is 5.75 Å². The predicted octanol–water partition coefficient (Wildman–Crippen LogP) is 3.74. The molecule has 2 aromatic rings. The fraction of sp³-hybridized carbons (Fsp3) is 0.417. The summed E-state index contributed by atoms with van der Waals surface area (Å²) in [4.78, 5) is 30.1. The molecule has 1 unspecified atom stereocenters. The van der Waals surface area contributed by atoms with E-state index in [0.717, 1.165) is 31.5 Å². The third-order valence-electron chi connectivity index (χ3n) is 5.88. The Balaban J connectivity index is 1.67. The van der Waals surface area contributed by atoms with Crippen LogP contribution in [0.3, 0.4) is 0 Å². The Hall–Kier alpha value is -3.06. The molecule has 1 aromatic heterocycles. The van der Waals surface area contributed by atoms with Gasteiger partial charge in [0.15, 0.2) is 11.5 Å². The van der Waals surface area contributed by atoms with Crippen molar-refractivity contribution < 1.29 is 23.8 Å². The van der Waals surface area contributed by atoms with Gasteiger partial charge in [0.25, 0.3) is 5.91 Å². The van der Waals surface area contributed by atoms with Crippen LogP contribution < -0.4 is 4.74 Å². The number of aliphatic hydroxyl groups is 1. The zero-order valence-electron chi connectivity index (χ0n) is 17.8. The van der Waals surface area contributed by atoms with Gasteiger partial charge in [-0.1, -0.05) is 18.6 Å². The molecule has 1 aromatic carbocycles. The molecule has 0 saturated carbocycles. The highest BCUT2D eigenvalue weighted by atomic mass is 16.5. The zero-order valence-corrected chi connectivity index (χ0v) is 17.8. The Labute approximate surface area is 181 Å². The summed E-state index contributed by atoms with van der Waals surface area (Å²) >= 11 is 0. The maximum Gasteiger partial charge on any atom is 0.290 e. The van der Waals surface area contributed by atoms with Crippen LogP contribution in [0.4, 0.5) is 0 Å². The van der Waals surface area contributed by atoms with E-state index >= 15 is 0 Å². The summed E-state index contributed by atoms with van der Waals surface area (Å²) < 4.78 is 10.9. The molecule has 7 nitrogen and oxygen atoms in total. The number of ketones is 1. The van der Waals surface area contributed by atoms with E-state index in [1.807, 2.05) is 31.2 Å². The van der Waals surface area contributed by atoms with E-state index < -0.39 is 23.5 Å². The van der Waals surface area contributed by atoms with Crippen LogP contribution in [0.15, 0.2) is 58.4 Å². The van der Waals surface area contributed by atoms with Crippen molar-refractivity contribution in [3.05, 3.63) is 65.3 Å². The topological polar surface area (TPSA) is 83.2 Å². The van der Waals surface area contributed by atoms with Gasteiger partial charge in [-0.15, -0.1) is 0 Å². The van der Waals surface area contributed by atoms with Gasteiger partial charge in [0.2, 0.25) is 5.78 Å². The maximum absolute atomic E-state index is 13.2. The summed E-state index contributed by atoms with van der Waals surface area (Å²) in [7, 11) is 0. The smallest absolute Gasteiger partial charge is 0.290 e. The van der Waals surface area contributed by atoms with Gasteiger partial charge in [0, 0.05) is 13.1 Å². The van der Waals surface area contributed by atoms with Gasteiger partial charge >= 0.3 is 0 Å². The second kappa shape index (κ2) is 9.39. The Kier molecular flexibility index (Phi) is 6.42. The van der Waals surface area contributed by atoms with Gasteiger partial charge in [0.05, 0.1) is 24.5 Å². The van der Waals surface area contributed by atoms with E-state index in [2.05, 4.69) is 4.90 Å². The molecule has 3 heterocycles. The molecule has 0 spiro atoms. The number of amides is 1. The van der Waals surface area contributed by atoms with Gasteiger partial charge in [-0.25, -0.2) is 0 Å². The van der Waals surface area contributed by atoms with E-state index in [9.17, 15) is 14.7 Å². The molecule has 4 rings (SSSR count). The largest absolute Gasteiger partial charge is 0.503 e. The average Bonchev–Trinajstić information content (AvgIpc) is 3.41. The molecule has 1 atom stereocenters. The van der Waals surface area contributed by atoms with E-state index in [1.54, 1.807) is 11.0 Å². The van der Waals surface area contributed by atoms with Crippen molar-refractivity contribution >= 4 is 11.7 Å². The Morgan fingerprint density at radius 3 is 2.68 bits per heavy atom. The Bertz CT molecular complexity index is 960. The lowest BCUT2D eigenvalue weighted by molar-refractivity contribution is -0.129. The molecule has 1 saturated heterocycles. The monoisotopic (exact) mass is 424 g/mol. The van der Waals surface area contributed by atoms with E-state index in [-0.39, 0.29) is 11.3 Å². The average molecular weight is 424 g/mol. The first-order chi connectivity index (χ1) is 15.1. The van der Waals surface area contributed by atoms with Gasteiger partial charge in [-0.3, -0.25) is 9.59 Å². The van der Waals surface area contributed by atoms with Crippen LogP contribution in [0.5, 0.6) is 5.75 Å². The summed E-state index contributed by atoms with van der Waals surface area (Å²) in [5, 5.41) is 10.7. The fourth-order valence-electron chi connectivity index (χ4n) is 4.38. The lowest BCUT2D eigenvalue weighted by atomic mass is 9.95. The van der Waals surface area contributed by atoms with Crippen molar-refractivity contribution in [1.29, 1.82) is 0 Å². The number of hydrogen-bond acceptors (Lipinski definition) is 6. The number of piperidine rings is 1. The normalized spacial score (nSPS) is 19.8. The molecule has 1 fully saturated rings. The third kappa shape index (κ3) is 4.37. The van der Waals surface area contributed by atoms with Crippen LogP contribution >= 0.6 is 0 Å². The number of furan rings is 1. The van der Waals surface area contributed by atoms with Crippen LogP contribution in [0.25, 0.3) is 0 Å². The number of carbonyl (C=O) groups excluding carboxylic acids is 2. The summed E-state index contributed by atoms with van der Waals surface area (Å²) in [6.07, 6.45) is 4.94. The SMILES string of the molecule is CCOc1cccc(C2C(C(=O)c3ccco3)=C(O)C(=O)N2CCN2CCCCC2)c1. The second-order valence-electron chi connectivity index (χ2n) is 7.88. The second-order valence-corrected chi connectivity index (χ2v) is 7.88. The number of rotatable bonds is 8. The number of carbonyl (C=O) groups is 2. The lowest BCUT2D eigenvalue weighted by Gasteiger charge is -2.31. The third-order valence-corrected chi connectivity index (χ3v) is 5.88. The first kappa shape index (κ1) is 21.2.